The van der Waals surface area contributed by atoms with E-state index in [4.69, 9.17) is 27.7 Å². The minimum absolute atomic E-state index is 0.194. The number of anilines is 2. The second-order valence-corrected chi connectivity index (χ2v) is 12.5. The van der Waals surface area contributed by atoms with Crippen LogP contribution in [-0.2, 0) is 17.8 Å². The molecule has 228 valence electrons. The van der Waals surface area contributed by atoms with Crippen LogP contribution in [0.3, 0.4) is 0 Å². The van der Waals surface area contributed by atoms with Gasteiger partial charge in [-0.1, -0.05) is 30.3 Å². The number of likely N-dealkylation sites (N-methyl/N-ethyl adjacent to an activating group) is 1. The van der Waals surface area contributed by atoms with Crippen LogP contribution >= 0.6 is 0 Å². The molecular weight excluding hydrogens is 550 g/mol. The Balaban J connectivity index is 1.31. The predicted octanol–water partition coefficient (Wildman–Crippen LogP) is 4.18. The Morgan fingerprint density at radius 3 is 2.73 bits per heavy atom. The van der Waals surface area contributed by atoms with Gasteiger partial charge in [-0.15, -0.1) is 6.42 Å². The fourth-order valence-electron chi connectivity index (χ4n) is 6.56. The maximum atomic E-state index is 12.5. The highest BCUT2D eigenvalue weighted by Gasteiger charge is 2.35. The molecule has 9 heteroatoms. The average Bonchev–Trinajstić information content (AvgIpc) is 3.86. The highest BCUT2D eigenvalue weighted by molar-refractivity contribution is 5.97. The first-order valence-electron chi connectivity index (χ1n) is 15.7. The highest BCUT2D eigenvalue weighted by atomic mass is 16.5. The Hall–Kier alpha value is -4.34. The maximum Gasteiger partial charge on any atom is 0.318 e. The molecule has 0 radical (unpaired) electrons. The Morgan fingerprint density at radius 2 is 1.98 bits per heavy atom. The second kappa shape index (κ2) is 12.7. The van der Waals surface area contributed by atoms with Crippen molar-refractivity contribution in [1.29, 1.82) is 0 Å². The molecule has 3 aliphatic rings. The van der Waals surface area contributed by atoms with E-state index in [1.165, 1.54) is 34.9 Å². The third-order valence-corrected chi connectivity index (χ3v) is 9.37. The monoisotopic (exact) mass is 591 g/mol. The van der Waals surface area contributed by atoms with Gasteiger partial charge in [-0.3, -0.25) is 4.79 Å². The normalized spacial score (nSPS) is 19.0. The van der Waals surface area contributed by atoms with Gasteiger partial charge < -0.3 is 29.2 Å². The molecule has 3 heterocycles. The van der Waals surface area contributed by atoms with E-state index >= 15 is 0 Å². The minimum Gasteiger partial charge on any atom is -0.462 e. The lowest BCUT2D eigenvalue weighted by Gasteiger charge is -2.40. The lowest BCUT2D eigenvalue weighted by Crippen LogP contribution is -2.56. The van der Waals surface area contributed by atoms with E-state index in [1.54, 1.807) is 4.90 Å². The molecule has 1 amide bonds. The Bertz CT molecular complexity index is 1620. The summed E-state index contributed by atoms with van der Waals surface area (Å²) < 4.78 is 6.32. The van der Waals surface area contributed by atoms with E-state index in [2.05, 4.69) is 82.8 Å². The van der Waals surface area contributed by atoms with Crippen molar-refractivity contribution < 1.29 is 9.53 Å². The van der Waals surface area contributed by atoms with Gasteiger partial charge in [0.2, 0.25) is 6.54 Å². The van der Waals surface area contributed by atoms with Crippen molar-refractivity contribution in [3.63, 3.8) is 0 Å². The van der Waals surface area contributed by atoms with Crippen LogP contribution in [0.5, 0.6) is 6.01 Å². The fraction of sp³-hybridized carbons (Fsp3) is 0.486. The zero-order valence-electron chi connectivity index (χ0n) is 26.0. The van der Waals surface area contributed by atoms with Gasteiger partial charge in [0.1, 0.15) is 18.5 Å². The van der Waals surface area contributed by atoms with Crippen LogP contribution in [0, 0.1) is 31.8 Å². The van der Waals surface area contributed by atoms with Gasteiger partial charge in [0.05, 0.1) is 12.2 Å². The van der Waals surface area contributed by atoms with E-state index in [9.17, 15) is 4.79 Å². The molecule has 1 saturated heterocycles. The number of fused-ring (bicyclic) bond motifs is 2. The summed E-state index contributed by atoms with van der Waals surface area (Å²) in [7, 11) is 2.16. The number of nitrogens with zero attached hydrogens (tertiary/aromatic N) is 7. The highest BCUT2D eigenvalue weighted by Crippen LogP contribution is 2.36. The number of hydrogen-bond donors (Lipinski definition) is 0. The first kappa shape index (κ1) is 29.7. The van der Waals surface area contributed by atoms with Gasteiger partial charge in [-0.25, -0.2) is 6.57 Å². The smallest absolute Gasteiger partial charge is 0.318 e. The summed E-state index contributed by atoms with van der Waals surface area (Å²) in [6, 6.07) is 13.3. The number of carbonyl (C=O) groups excluding carboxylic acids is 1. The molecule has 1 aliphatic carbocycles. The van der Waals surface area contributed by atoms with Crippen LogP contribution in [0.2, 0.25) is 0 Å². The summed E-state index contributed by atoms with van der Waals surface area (Å²) in [5.41, 5.74) is 4.54. The van der Waals surface area contributed by atoms with Gasteiger partial charge in [-0.2, -0.15) is 9.97 Å². The van der Waals surface area contributed by atoms with Gasteiger partial charge in [0, 0.05) is 55.4 Å². The number of carbonyl (C=O) groups is 1. The summed E-state index contributed by atoms with van der Waals surface area (Å²) in [5, 5.41) is 2.50. The molecule has 0 unspecified atom stereocenters. The molecular formula is C35H41N7O2. The molecule has 2 aromatic carbocycles. The van der Waals surface area contributed by atoms with Crippen molar-refractivity contribution in [2.75, 3.05) is 62.7 Å². The SMILES string of the molecule is [C-]#[N+]C[C@H]1CN(c2nc(OC[C@H](C)N(C)CC3CC3)nc3c2CCN(c2cccc4cccc(C)c24)C3)CCN1C(=O)C#C. The lowest BCUT2D eigenvalue weighted by molar-refractivity contribution is -0.127. The van der Waals surface area contributed by atoms with Crippen molar-refractivity contribution in [3.05, 3.63) is 64.6 Å². The Morgan fingerprint density at radius 1 is 1.18 bits per heavy atom. The number of ether oxygens (including phenoxy) is 1. The van der Waals surface area contributed by atoms with Crippen LogP contribution in [0.1, 0.15) is 36.6 Å². The largest absolute Gasteiger partial charge is 0.462 e. The van der Waals surface area contributed by atoms with Crippen LogP contribution in [0.25, 0.3) is 15.6 Å². The third kappa shape index (κ3) is 6.16. The number of benzene rings is 2. The second-order valence-electron chi connectivity index (χ2n) is 12.5. The van der Waals surface area contributed by atoms with Gasteiger partial charge in [0.15, 0.2) is 0 Å². The molecule has 9 nitrogen and oxygen atoms in total. The molecule has 2 aliphatic heterocycles. The quantitative estimate of drug-likeness (QED) is 0.273. The molecule has 6 rings (SSSR count). The molecule has 0 bridgehead atoms. The fourth-order valence-corrected chi connectivity index (χ4v) is 6.56. The molecule has 1 aromatic heterocycles. The predicted molar refractivity (Wildman–Crippen MR) is 174 cm³/mol. The zero-order chi connectivity index (χ0) is 30.8. The van der Waals surface area contributed by atoms with Crippen molar-refractivity contribution in [2.45, 2.75) is 51.7 Å². The van der Waals surface area contributed by atoms with E-state index in [0.29, 0.717) is 38.8 Å². The topological polar surface area (TPSA) is 69.4 Å². The molecule has 1 saturated carbocycles. The average molecular weight is 592 g/mol. The molecule has 0 N–H and O–H groups in total. The first-order chi connectivity index (χ1) is 21.4. The van der Waals surface area contributed by atoms with Crippen LogP contribution < -0.4 is 14.5 Å². The number of aromatic nitrogens is 2. The zero-order valence-corrected chi connectivity index (χ0v) is 26.0. The maximum absolute atomic E-state index is 12.5. The van der Waals surface area contributed by atoms with Crippen molar-refractivity contribution in [1.82, 2.24) is 19.8 Å². The lowest BCUT2D eigenvalue weighted by atomic mass is 9.99. The molecule has 2 atom stereocenters. The van der Waals surface area contributed by atoms with Crippen LogP contribution in [-0.4, -0.2) is 90.7 Å². The van der Waals surface area contributed by atoms with Crippen molar-refractivity contribution >= 4 is 28.2 Å². The Kier molecular flexibility index (Phi) is 8.59. The number of piperazine rings is 1. The van der Waals surface area contributed by atoms with E-state index < -0.39 is 0 Å². The standard InChI is InChI=1S/C35H41N7O2/c1-6-32(43)42-18-17-41(21-28(42)19-36-4)34-29-15-16-40(31-12-8-11-27-10-7-9-24(2)33(27)31)22-30(29)37-35(38-34)44-23-25(3)39(5)20-26-13-14-26/h1,7-12,25-26,28H,13-23H2,2-3,5H3/t25-,28-/m0/s1. The minimum atomic E-state index is -0.364. The third-order valence-electron chi connectivity index (χ3n) is 9.37. The van der Waals surface area contributed by atoms with Crippen molar-refractivity contribution in [2.24, 2.45) is 5.92 Å². The van der Waals surface area contributed by atoms with E-state index in [1.807, 2.05) is 0 Å². The van der Waals surface area contributed by atoms with Gasteiger partial charge >= 0.3 is 6.01 Å². The summed E-state index contributed by atoms with van der Waals surface area (Å²) in [6.07, 6.45) is 8.87. The number of hydrogen-bond acceptors (Lipinski definition) is 7. The summed E-state index contributed by atoms with van der Waals surface area (Å²) in [6.45, 7) is 16.6. The van der Waals surface area contributed by atoms with Crippen LogP contribution in [0.15, 0.2) is 36.4 Å². The van der Waals surface area contributed by atoms with E-state index in [-0.39, 0.29) is 24.5 Å². The first-order valence-corrected chi connectivity index (χ1v) is 15.7. The summed E-state index contributed by atoms with van der Waals surface area (Å²) in [5.74, 6) is 3.53. The molecule has 44 heavy (non-hydrogen) atoms. The number of aryl methyl sites for hydroxylation is 1. The number of amides is 1. The van der Waals surface area contributed by atoms with Gasteiger partial charge in [0.25, 0.3) is 5.91 Å². The van der Waals surface area contributed by atoms with Crippen LogP contribution in [0.4, 0.5) is 11.5 Å². The summed E-state index contributed by atoms with van der Waals surface area (Å²) >= 11 is 0. The van der Waals surface area contributed by atoms with Gasteiger partial charge in [-0.05, 0) is 69.0 Å². The number of rotatable bonds is 9. The Labute approximate surface area is 260 Å². The molecule has 0 spiro atoms. The molecule has 2 fully saturated rings. The summed E-state index contributed by atoms with van der Waals surface area (Å²) in [4.78, 5) is 34.7. The number of terminal acetylenes is 1. The van der Waals surface area contributed by atoms with Crippen molar-refractivity contribution in [3.8, 4) is 18.4 Å². The molecule has 3 aromatic rings. The van der Waals surface area contributed by atoms with E-state index in [0.717, 1.165) is 42.5 Å².